The third-order valence-corrected chi connectivity index (χ3v) is 4.84. The van der Waals surface area contributed by atoms with Crippen molar-refractivity contribution in [3.63, 3.8) is 0 Å². The van der Waals surface area contributed by atoms with E-state index >= 15 is 0 Å². The molecule has 2 rings (SSSR count). The van der Waals surface area contributed by atoms with Gasteiger partial charge in [0.15, 0.2) is 0 Å². The number of rotatable bonds is 3. The van der Waals surface area contributed by atoms with Crippen molar-refractivity contribution in [2.45, 2.75) is 45.4 Å². The highest BCUT2D eigenvalue weighted by atomic mass is 32.1. The molecule has 84 valence electrons. The summed E-state index contributed by atoms with van der Waals surface area (Å²) in [5, 5.41) is 12.9. The van der Waals surface area contributed by atoms with Gasteiger partial charge in [-0.2, -0.15) is 0 Å². The van der Waals surface area contributed by atoms with E-state index in [4.69, 9.17) is 0 Å². The van der Waals surface area contributed by atoms with Gasteiger partial charge in [-0.1, -0.05) is 27.7 Å². The number of hydrogen-bond donors (Lipinski definition) is 1. The Morgan fingerprint density at radius 3 is 2.47 bits per heavy atom. The summed E-state index contributed by atoms with van der Waals surface area (Å²) >= 11 is 1.72. The number of aliphatic hydroxyl groups is 1. The Kier molecular flexibility index (Phi) is 2.43. The summed E-state index contributed by atoms with van der Waals surface area (Å²) < 4.78 is 0. The zero-order valence-corrected chi connectivity index (χ0v) is 10.7. The molecule has 0 radical (unpaired) electrons. The second kappa shape index (κ2) is 3.29. The van der Waals surface area contributed by atoms with E-state index in [1.807, 2.05) is 0 Å². The molecule has 0 aliphatic heterocycles. The summed E-state index contributed by atoms with van der Waals surface area (Å²) in [5.41, 5.74) is 1.25. The van der Waals surface area contributed by atoms with Crippen LogP contribution in [0, 0.1) is 5.41 Å². The molecule has 1 heterocycles. The fourth-order valence-corrected chi connectivity index (χ4v) is 3.20. The van der Waals surface area contributed by atoms with E-state index in [2.05, 4.69) is 38.1 Å². The van der Waals surface area contributed by atoms with Gasteiger partial charge in [0.2, 0.25) is 0 Å². The molecule has 1 N–H and O–H groups in total. The molecule has 1 atom stereocenters. The monoisotopic (exact) mass is 225 g/mol. The van der Waals surface area contributed by atoms with Crippen LogP contribution >= 0.6 is 11.3 Å². The van der Waals surface area contributed by atoms with Gasteiger partial charge in [-0.25, -0.2) is 4.98 Å². The van der Waals surface area contributed by atoms with Crippen LogP contribution in [-0.2, 0) is 5.41 Å². The molecule has 1 aliphatic carbocycles. The maximum Gasteiger partial charge on any atom is 0.0953 e. The summed E-state index contributed by atoms with van der Waals surface area (Å²) in [4.78, 5) is 4.67. The first-order chi connectivity index (χ1) is 6.93. The molecule has 1 aliphatic rings. The van der Waals surface area contributed by atoms with E-state index in [1.54, 1.807) is 11.3 Å². The van der Waals surface area contributed by atoms with Crippen molar-refractivity contribution in [1.82, 2.24) is 4.98 Å². The van der Waals surface area contributed by atoms with Crippen molar-refractivity contribution in [3.05, 3.63) is 16.1 Å². The SMILES string of the molecule is CC(C)c1nc(C2(CO)CC2(C)C)cs1. The summed E-state index contributed by atoms with van der Waals surface area (Å²) in [5.74, 6) is 0.487. The highest BCUT2D eigenvalue weighted by molar-refractivity contribution is 7.09. The maximum atomic E-state index is 9.56. The van der Waals surface area contributed by atoms with Gasteiger partial charge in [0.05, 0.1) is 17.3 Å². The van der Waals surface area contributed by atoms with E-state index in [0.29, 0.717) is 5.92 Å². The first-order valence-corrected chi connectivity index (χ1v) is 6.38. The molecule has 1 aromatic rings. The normalized spacial score (nSPS) is 28.4. The molecule has 0 spiro atoms. The second-order valence-electron chi connectivity index (χ2n) is 5.53. The molecule has 1 aromatic heterocycles. The van der Waals surface area contributed by atoms with Crippen molar-refractivity contribution < 1.29 is 5.11 Å². The smallest absolute Gasteiger partial charge is 0.0953 e. The molecule has 2 nitrogen and oxygen atoms in total. The summed E-state index contributed by atoms with van der Waals surface area (Å²) in [7, 11) is 0. The van der Waals surface area contributed by atoms with Crippen LogP contribution in [-0.4, -0.2) is 16.7 Å². The summed E-state index contributed by atoms with van der Waals surface area (Å²) in [6.45, 7) is 8.95. The van der Waals surface area contributed by atoms with Crippen molar-refractivity contribution in [2.24, 2.45) is 5.41 Å². The van der Waals surface area contributed by atoms with Gasteiger partial charge in [0.25, 0.3) is 0 Å². The second-order valence-corrected chi connectivity index (χ2v) is 6.42. The van der Waals surface area contributed by atoms with Gasteiger partial charge >= 0.3 is 0 Å². The molecule has 0 bridgehead atoms. The van der Waals surface area contributed by atoms with E-state index in [-0.39, 0.29) is 17.4 Å². The summed E-state index contributed by atoms with van der Waals surface area (Å²) in [6, 6.07) is 0. The summed E-state index contributed by atoms with van der Waals surface area (Å²) in [6.07, 6.45) is 1.05. The first-order valence-electron chi connectivity index (χ1n) is 5.50. The molecule has 1 unspecified atom stereocenters. The van der Waals surface area contributed by atoms with Crippen molar-refractivity contribution in [2.75, 3.05) is 6.61 Å². The molecule has 1 fully saturated rings. The van der Waals surface area contributed by atoms with Crippen LogP contribution in [0.15, 0.2) is 5.38 Å². The van der Waals surface area contributed by atoms with Gasteiger partial charge in [0, 0.05) is 16.7 Å². The zero-order chi connectivity index (χ0) is 11.3. The quantitative estimate of drug-likeness (QED) is 0.858. The van der Waals surface area contributed by atoms with Crippen LogP contribution < -0.4 is 0 Å². The van der Waals surface area contributed by atoms with E-state index in [0.717, 1.165) is 12.1 Å². The standard InChI is InChI=1S/C12H19NOS/c1-8(2)10-13-9(5-15-10)12(7-14)6-11(12,3)4/h5,8,14H,6-7H2,1-4H3. The molecule has 1 saturated carbocycles. The van der Waals surface area contributed by atoms with Gasteiger partial charge in [0.1, 0.15) is 0 Å². The lowest BCUT2D eigenvalue weighted by Crippen LogP contribution is -2.19. The number of nitrogens with zero attached hydrogens (tertiary/aromatic N) is 1. The third-order valence-electron chi connectivity index (χ3n) is 3.69. The fourth-order valence-electron chi connectivity index (χ4n) is 2.27. The Bertz CT molecular complexity index is 369. The van der Waals surface area contributed by atoms with Crippen LogP contribution in [0.4, 0.5) is 0 Å². The largest absolute Gasteiger partial charge is 0.395 e. The van der Waals surface area contributed by atoms with Gasteiger partial charge in [-0.3, -0.25) is 0 Å². The number of aromatic nitrogens is 1. The average molecular weight is 225 g/mol. The minimum atomic E-state index is -0.0589. The molecular weight excluding hydrogens is 206 g/mol. The van der Waals surface area contributed by atoms with Crippen LogP contribution in [0.1, 0.15) is 50.7 Å². The molecular formula is C12H19NOS. The Hall–Kier alpha value is -0.410. The van der Waals surface area contributed by atoms with Gasteiger partial charge in [-0.15, -0.1) is 11.3 Å². The number of hydrogen-bond acceptors (Lipinski definition) is 3. The van der Waals surface area contributed by atoms with Crippen molar-refractivity contribution in [3.8, 4) is 0 Å². The molecule has 0 amide bonds. The maximum absolute atomic E-state index is 9.56. The van der Waals surface area contributed by atoms with E-state index in [1.165, 1.54) is 5.01 Å². The Labute approximate surface area is 95.4 Å². The Morgan fingerprint density at radius 2 is 2.13 bits per heavy atom. The highest BCUT2D eigenvalue weighted by Crippen LogP contribution is 2.63. The fraction of sp³-hybridized carbons (Fsp3) is 0.750. The predicted octanol–water partition coefficient (Wildman–Crippen LogP) is 2.93. The minimum absolute atomic E-state index is 0.0589. The minimum Gasteiger partial charge on any atom is -0.395 e. The molecule has 3 heteroatoms. The van der Waals surface area contributed by atoms with Crippen LogP contribution in [0.2, 0.25) is 0 Å². The lowest BCUT2D eigenvalue weighted by atomic mass is 9.94. The molecule has 0 aromatic carbocycles. The van der Waals surface area contributed by atoms with Crippen LogP contribution in [0.25, 0.3) is 0 Å². The van der Waals surface area contributed by atoms with Crippen molar-refractivity contribution in [1.29, 1.82) is 0 Å². The average Bonchev–Trinajstić information content (AvgIpc) is 2.59. The van der Waals surface area contributed by atoms with Crippen LogP contribution in [0.5, 0.6) is 0 Å². The zero-order valence-electron chi connectivity index (χ0n) is 9.87. The molecule has 15 heavy (non-hydrogen) atoms. The number of aliphatic hydroxyl groups excluding tert-OH is 1. The Morgan fingerprint density at radius 1 is 1.53 bits per heavy atom. The van der Waals surface area contributed by atoms with E-state index < -0.39 is 0 Å². The Balaban J connectivity index is 2.30. The van der Waals surface area contributed by atoms with E-state index in [9.17, 15) is 5.11 Å². The highest BCUT2D eigenvalue weighted by Gasteiger charge is 2.63. The van der Waals surface area contributed by atoms with Crippen molar-refractivity contribution >= 4 is 11.3 Å². The van der Waals surface area contributed by atoms with Gasteiger partial charge < -0.3 is 5.11 Å². The van der Waals surface area contributed by atoms with Crippen LogP contribution in [0.3, 0.4) is 0 Å². The first kappa shape index (κ1) is 11.1. The lowest BCUT2D eigenvalue weighted by Gasteiger charge is -2.14. The topological polar surface area (TPSA) is 33.1 Å². The number of thiazole rings is 1. The van der Waals surface area contributed by atoms with Gasteiger partial charge in [-0.05, 0) is 11.8 Å². The molecule has 0 saturated heterocycles. The third kappa shape index (κ3) is 1.53. The predicted molar refractivity (Wildman–Crippen MR) is 63.4 cm³/mol. The lowest BCUT2D eigenvalue weighted by molar-refractivity contribution is 0.229.